The predicted molar refractivity (Wildman–Crippen MR) is 90.6 cm³/mol. The second kappa shape index (κ2) is 9.64. The Balaban J connectivity index is 4.84. The van der Waals surface area contributed by atoms with Gasteiger partial charge in [-0.1, -0.05) is 13.8 Å². The number of carboxylic acids is 1. The van der Waals surface area contributed by atoms with Crippen LogP contribution >= 0.6 is 11.8 Å². The Labute approximate surface area is 141 Å². The summed E-state index contributed by atoms with van der Waals surface area (Å²) in [5, 5.41) is 14.1. The third-order valence-electron chi connectivity index (χ3n) is 2.85. The molecule has 0 bridgehead atoms. The predicted octanol–water partition coefficient (Wildman–Crippen LogP) is 1.86. The van der Waals surface area contributed by atoms with Gasteiger partial charge in [-0.15, -0.1) is 0 Å². The summed E-state index contributed by atoms with van der Waals surface area (Å²) in [7, 11) is 0. The Morgan fingerprint density at radius 3 is 2.13 bits per heavy atom. The second-order valence-corrected chi connectivity index (χ2v) is 7.53. The van der Waals surface area contributed by atoms with E-state index in [0.29, 0.717) is 12.2 Å². The Hall–Kier alpha value is -1.44. The van der Waals surface area contributed by atoms with Crippen LogP contribution in [0.3, 0.4) is 0 Å². The minimum Gasteiger partial charge on any atom is -0.480 e. The van der Waals surface area contributed by atoms with Gasteiger partial charge in [0.15, 0.2) is 0 Å². The van der Waals surface area contributed by atoms with E-state index >= 15 is 0 Å². The number of carbonyl (C=O) groups excluding carboxylic acids is 2. The normalized spacial score (nSPS) is 14.0. The zero-order chi connectivity index (χ0) is 18.2. The molecule has 0 saturated carbocycles. The molecular weight excluding hydrogens is 320 g/mol. The summed E-state index contributed by atoms with van der Waals surface area (Å²) in [5.74, 6) is -1.22. The lowest BCUT2D eigenvalue weighted by atomic mass is 10.0. The first-order chi connectivity index (χ1) is 10.5. The van der Waals surface area contributed by atoms with Gasteiger partial charge in [0, 0.05) is 0 Å². The van der Waals surface area contributed by atoms with Crippen molar-refractivity contribution >= 4 is 29.7 Å². The summed E-state index contributed by atoms with van der Waals surface area (Å²) < 4.78 is 5.14. The zero-order valence-corrected chi connectivity index (χ0v) is 15.5. The van der Waals surface area contributed by atoms with Crippen molar-refractivity contribution in [3.8, 4) is 0 Å². The Kier molecular flexibility index (Phi) is 9.04. The van der Waals surface area contributed by atoms with Gasteiger partial charge in [0.2, 0.25) is 5.91 Å². The molecule has 0 aliphatic heterocycles. The van der Waals surface area contributed by atoms with E-state index in [-0.39, 0.29) is 5.92 Å². The molecule has 2 amide bonds. The van der Waals surface area contributed by atoms with Crippen LogP contribution in [-0.4, -0.2) is 52.8 Å². The SMILES string of the molecule is CSCC[C@H](NC(=O)[C@@H](NC(=O)OC(C)(C)C)C(C)C)C(=O)O. The van der Waals surface area contributed by atoms with Crippen LogP contribution in [0.5, 0.6) is 0 Å². The molecule has 3 N–H and O–H groups in total. The van der Waals surface area contributed by atoms with Crippen LogP contribution in [0.4, 0.5) is 4.79 Å². The average molecular weight is 348 g/mol. The fraction of sp³-hybridized carbons (Fsp3) is 0.800. The van der Waals surface area contributed by atoms with Crippen molar-refractivity contribution in [3.63, 3.8) is 0 Å². The van der Waals surface area contributed by atoms with Gasteiger partial charge in [-0.25, -0.2) is 9.59 Å². The van der Waals surface area contributed by atoms with Crippen molar-refractivity contribution in [1.29, 1.82) is 0 Å². The van der Waals surface area contributed by atoms with E-state index in [1.165, 1.54) is 11.8 Å². The zero-order valence-electron chi connectivity index (χ0n) is 14.6. The van der Waals surface area contributed by atoms with E-state index in [1.54, 1.807) is 34.6 Å². The molecule has 0 saturated heterocycles. The number of amides is 2. The molecule has 0 heterocycles. The molecule has 0 fully saturated rings. The molecule has 0 rings (SSSR count). The number of aliphatic carboxylic acids is 1. The molecule has 0 unspecified atom stereocenters. The maximum Gasteiger partial charge on any atom is 0.408 e. The van der Waals surface area contributed by atoms with Crippen LogP contribution in [0.1, 0.15) is 41.0 Å². The highest BCUT2D eigenvalue weighted by Gasteiger charge is 2.29. The molecule has 8 heteroatoms. The molecule has 7 nitrogen and oxygen atoms in total. The number of carbonyl (C=O) groups is 3. The van der Waals surface area contributed by atoms with E-state index in [4.69, 9.17) is 9.84 Å². The first-order valence-electron chi connectivity index (χ1n) is 7.49. The largest absolute Gasteiger partial charge is 0.480 e. The van der Waals surface area contributed by atoms with Gasteiger partial charge in [0.1, 0.15) is 17.7 Å². The molecule has 23 heavy (non-hydrogen) atoms. The molecule has 0 aromatic carbocycles. The molecule has 2 atom stereocenters. The quantitative estimate of drug-likeness (QED) is 0.618. The molecule has 0 aliphatic carbocycles. The van der Waals surface area contributed by atoms with E-state index in [2.05, 4.69) is 10.6 Å². The molecule has 134 valence electrons. The van der Waals surface area contributed by atoms with Crippen LogP contribution in [0, 0.1) is 5.92 Å². The summed E-state index contributed by atoms with van der Waals surface area (Å²) in [6.07, 6.45) is 1.48. The van der Waals surface area contributed by atoms with E-state index < -0.39 is 35.7 Å². The van der Waals surface area contributed by atoms with Crippen molar-refractivity contribution in [3.05, 3.63) is 0 Å². The summed E-state index contributed by atoms with van der Waals surface area (Å²) in [6, 6.07) is -1.84. The number of hydrogen-bond acceptors (Lipinski definition) is 5. The van der Waals surface area contributed by atoms with Gasteiger partial charge in [-0.3, -0.25) is 4.79 Å². The molecule has 0 aromatic heterocycles. The number of alkyl carbamates (subject to hydrolysis) is 1. The van der Waals surface area contributed by atoms with E-state index in [9.17, 15) is 14.4 Å². The second-order valence-electron chi connectivity index (χ2n) is 6.55. The maximum atomic E-state index is 12.3. The number of ether oxygens (including phenoxy) is 1. The fourth-order valence-electron chi connectivity index (χ4n) is 1.72. The van der Waals surface area contributed by atoms with E-state index in [0.717, 1.165) is 0 Å². The lowest BCUT2D eigenvalue weighted by Gasteiger charge is -2.26. The number of rotatable bonds is 8. The summed E-state index contributed by atoms with van der Waals surface area (Å²) in [4.78, 5) is 35.4. The Bertz CT molecular complexity index is 421. The van der Waals surface area contributed by atoms with Gasteiger partial charge < -0.3 is 20.5 Å². The van der Waals surface area contributed by atoms with Crippen molar-refractivity contribution in [2.45, 2.75) is 58.7 Å². The minimum atomic E-state index is -1.09. The standard InChI is InChI=1S/C15H28N2O5S/c1-9(2)11(17-14(21)22-15(3,4)5)12(18)16-10(13(19)20)7-8-23-6/h9-11H,7-8H2,1-6H3,(H,16,18)(H,17,21)(H,19,20)/t10-,11-/m0/s1. The van der Waals surface area contributed by atoms with E-state index in [1.807, 2.05) is 6.26 Å². The lowest BCUT2D eigenvalue weighted by Crippen LogP contribution is -2.54. The van der Waals surface area contributed by atoms with Gasteiger partial charge in [0.25, 0.3) is 0 Å². The highest BCUT2D eigenvalue weighted by molar-refractivity contribution is 7.98. The number of hydrogen-bond donors (Lipinski definition) is 3. The summed E-state index contributed by atoms with van der Waals surface area (Å²) in [5.41, 5.74) is -0.677. The molecular formula is C15H28N2O5S. The van der Waals surface area contributed by atoms with Crippen molar-refractivity contribution in [1.82, 2.24) is 10.6 Å². The van der Waals surface area contributed by atoms with Gasteiger partial charge in [-0.05, 0) is 45.1 Å². The van der Waals surface area contributed by atoms with Crippen molar-refractivity contribution in [2.75, 3.05) is 12.0 Å². The third-order valence-corrected chi connectivity index (χ3v) is 3.49. The number of thioether (sulfide) groups is 1. The highest BCUT2D eigenvalue weighted by Crippen LogP contribution is 2.09. The molecule has 0 radical (unpaired) electrons. The van der Waals surface area contributed by atoms with Crippen LogP contribution in [-0.2, 0) is 14.3 Å². The highest BCUT2D eigenvalue weighted by atomic mass is 32.2. The van der Waals surface area contributed by atoms with Gasteiger partial charge in [-0.2, -0.15) is 11.8 Å². The topological polar surface area (TPSA) is 105 Å². The van der Waals surface area contributed by atoms with Crippen LogP contribution in [0.2, 0.25) is 0 Å². The third kappa shape index (κ3) is 9.32. The Morgan fingerprint density at radius 1 is 1.17 bits per heavy atom. The monoisotopic (exact) mass is 348 g/mol. The maximum absolute atomic E-state index is 12.3. The number of carboxylic acid groups (broad SMARTS) is 1. The number of nitrogens with one attached hydrogen (secondary N) is 2. The fourth-order valence-corrected chi connectivity index (χ4v) is 2.20. The molecule has 0 aromatic rings. The molecule has 0 spiro atoms. The first-order valence-corrected chi connectivity index (χ1v) is 8.89. The average Bonchev–Trinajstić information content (AvgIpc) is 2.37. The first kappa shape index (κ1) is 21.6. The van der Waals surface area contributed by atoms with Gasteiger partial charge in [0.05, 0.1) is 0 Å². The summed E-state index contributed by atoms with van der Waals surface area (Å²) in [6.45, 7) is 8.69. The smallest absolute Gasteiger partial charge is 0.408 e. The summed E-state index contributed by atoms with van der Waals surface area (Å²) >= 11 is 1.50. The van der Waals surface area contributed by atoms with Crippen molar-refractivity contribution < 1.29 is 24.2 Å². The van der Waals surface area contributed by atoms with Crippen LogP contribution in [0.15, 0.2) is 0 Å². The van der Waals surface area contributed by atoms with Crippen molar-refractivity contribution in [2.24, 2.45) is 5.92 Å². The van der Waals surface area contributed by atoms with Gasteiger partial charge >= 0.3 is 12.1 Å². The lowest BCUT2D eigenvalue weighted by molar-refractivity contribution is -0.142. The minimum absolute atomic E-state index is 0.211. The van der Waals surface area contributed by atoms with Crippen LogP contribution in [0.25, 0.3) is 0 Å². The van der Waals surface area contributed by atoms with Crippen LogP contribution < -0.4 is 10.6 Å². The Morgan fingerprint density at radius 2 is 1.74 bits per heavy atom. The molecule has 0 aliphatic rings.